The first-order chi connectivity index (χ1) is 9.13. The highest BCUT2D eigenvalue weighted by atomic mass is 16.5. The van der Waals surface area contributed by atoms with Gasteiger partial charge >= 0.3 is 5.97 Å². The van der Waals surface area contributed by atoms with E-state index in [1.165, 1.54) is 0 Å². The summed E-state index contributed by atoms with van der Waals surface area (Å²) in [4.78, 5) is 15.6. The molecule has 0 fully saturated rings. The van der Waals surface area contributed by atoms with Gasteiger partial charge in [-0.25, -0.2) is 4.98 Å². The molecular weight excluding hydrogens is 248 g/mol. The Bertz CT molecular complexity index is 633. The maximum Gasteiger partial charge on any atom is 0.311 e. The van der Waals surface area contributed by atoms with Crippen LogP contribution < -0.4 is 5.73 Å². The summed E-state index contributed by atoms with van der Waals surface area (Å²) in [6.45, 7) is 2.10. The normalized spacial score (nSPS) is 11.7. The second-order valence-corrected chi connectivity index (χ2v) is 3.88. The lowest BCUT2D eigenvalue weighted by Crippen LogP contribution is -2.13. The van der Waals surface area contributed by atoms with E-state index in [1.54, 1.807) is 35.9 Å². The van der Waals surface area contributed by atoms with E-state index >= 15 is 0 Å². The van der Waals surface area contributed by atoms with Gasteiger partial charge in [0.05, 0.1) is 18.7 Å². The summed E-state index contributed by atoms with van der Waals surface area (Å²) in [5.74, 6) is -0.301. The highest BCUT2D eigenvalue weighted by Crippen LogP contribution is 2.09. The third-order valence-corrected chi connectivity index (χ3v) is 2.54. The van der Waals surface area contributed by atoms with Gasteiger partial charge in [-0.05, 0) is 19.1 Å². The van der Waals surface area contributed by atoms with Crippen LogP contribution in [0.3, 0.4) is 0 Å². The minimum absolute atomic E-state index is 0.0162. The van der Waals surface area contributed by atoms with Crippen molar-refractivity contribution in [2.24, 2.45) is 10.9 Å². The molecule has 0 radical (unpaired) electrons. The number of amidine groups is 1. The predicted molar refractivity (Wildman–Crippen MR) is 68.0 cm³/mol. The number of hydrogen-bond donors (Lipinski definition) is 2. The summed E-state index contributed by atoms with van der Waals surface area (Å²) >= 11 is 0. The number of hydrogen-bond acceptors (Lipinski definition) is 5. The fourth-order valence-corrected chi connectivity index (χ4v) is 1.70. The lowest BCUT2D eigenvalue weighted by molar-refractivity contribution is -0.142. The molecule has 19 heavy (non-hydrogen) atoms. The topological polar surface area (TPSA) is 102 Å². The van der Waals surface area contributed by atoms with Crippen LogP contribution >= 0.6 is 0 Å². The second-order valence-electron chi connectivity index (χ2n) is 3.88. The Morgan fingerprint density at radius 2 is 2.32 bits per heavy atom. The fourth-order valence-electron chi connectivity index (χ4n) is 1.70. The van der Waals surface area contributed by atoms with Crippen LogP contribution in [0.1, 0.15) is 18.2 Å². The molecule has 7 heteroatoms. The van der Waals surface area contributed by atoms with E-state index in [0.717, 1.165) is 0 Å². The number of esters is 1. The first-order valence-electron chi connectivity index (χ1n) is 5.75. The van der Waals surface area contributed by atoms with Crippen LogP contribution in [0.4, 0.5) is 0 Å². The summed E-state index contributed by atoms with van der Waals surface area (Å²) in [5, 5.41) is 11.6. The van der Waals surface area contributed by atoms with Gasteiger partial charge in [0.2, 0.25) is 0 Å². The molecule has 2 heterocycles. The van der Waals surface area contributed by atoms with Gasteiger partial charge in [0.25, 0.3) is 0 Å². The Balaban J connectivity index is 2.28. The number of rotatable bonds is 4. The molecule has 0 aliphatic carbocycles. The maximum atomic E-state index is 11.4. The molecule has 0 aliphatic rings. The number of aromatic nitrogens is 2. The third-order valence-electron chi connectivity index (χ3n) is 2.54. The van der Waals surface area contributed by atoms with Crippen LogP contribution in [0.15, 0.2) is 29.7 Å². The van der Waals surface area contributed by atoms with E-state index in [4.69, 9.17) is 15.7 Å². The van der Waals surface area contributed by atoms with Crippen molar-refractivity contribution in [1.29, 1.82) is 0 Å². The largest absolute Gasteiger partial charge is 0.466 e. The monoisotopic (exact) mass is 262 g/mol. The van der Waals surface area contributed by atoms with Crippen molar-refractivity contribution in [3.63, 3.8) is 0 Å². The van der Waals surface area contributed by atoms with Crippen molar-refractivity contribution < 1.29 is 14.7 Å². The van der Waals surface area contributed by atoms with Gasteiger partial charge in [-0.1, -0.05) is 5.16 Å². The number of nitrogens with zero attached hydrogens (tertiary/aromatic N) is 3. The zero-order chi connectivity index (χ0) is 13.8. The summed E-state index contributed by atoms with van der Waals surface area (Å²) in [6, 6.07) is 3.41. The molecule has 2 rings (SSSR count). The van der Waals surface area contributed by atoms with E-state index in [1.807, 2.05) is 0 Å². The first kappa shape index (κ1) is 12.9. The fraction of sp³-hybridized carbons (Fsp3) is 0.250. The molecule has 2 aromatic heterocycles. The zero-order valence-electron chi connectivity index (χ0n) is 10.4. The Hall–Kier alpha value is -2.57. The average molecular weight is 262 g/mol. The summed E-state index contributed by atoms with van der Waals surface area (Å²) in [7, 11) is 0. The average Bonchev–Trinajstić information content (AvgIpc) is 2.78. The molecule has 2 aromatic rings. The molecule has 100 valence electrons. The standard InChI is InChI=1S/C12H14N4O3/c1-2-19-11(17)5-9-7-16-6-8(12(13)15-18)3-4-10(16)14-9/h3-4,6-7,18H,2,5H2,1H3,(H2,13,15). The van der Waals surface area contributed by atoms with Crippen LogP contribution in [0, 0.1) is 0 Å². The van der Waals surface area contributed by atoms with Crippen molar-refractivity contribution in [2.45, 2.75) is 13.3 Å². The lowest BCUT2D eigenvalue weighted by atomic mass is 10.2. The highest BCUT2D eigenvalue weighted by Gasteiger charge is 2.09. The quantitative estimate of drug-likeness (QED) is 0.275. The molecule has 7 nitrogen and oxygen atoms in total. The molecule has 0 spiro atoms. The van der Waals surface area contributed by atoms with Crippen LogP contribution in [0.2, 0.25) is 0 Å². The summed E-state index contributed by atoms with van der Waals surface area (Å²) in [5.41, 5.74) is 7.35. The van der Waals surface area contributed by atoms with Gasteiger partial charge in [-0.3, -0.25) is 4.79 Å². The molecule has 0 atom stereocenters. The lowest BCUT2D eigenvalue weighted by Gasteiger charge is -1.98. The number of fused-ring (bicyclic) bond motifs is 1. The van der Waals surface area contributed by atoms with Crippen molar-refractivity contribution in [1.82, 2.24) is 9.38 Å². The van der Waals surface area contributed by atoms with E-state index in [0.29, 0.717) is 23.5 Å². The van der Waals surface area contributed by atoms with Crippen molar-refractivity contribution in [2.75, 3.05) is 6.61 Å². The van der Waals surface area contributed by atoms with Gasteiger partial charge in [-0.2, -0.15) is 0 Å². The number of nitrogens with two attached hydrogens (primary N) is 1. The first-order valence-corrected chi connectivity index (χ1v) is 5.75. The van der Waals surface area contributed by atoms with Crippen LogP contribution in [-0.2, 0) is 16.0 Å². The van der Waals surface area contributed by atoms with E-state index in [-0.39, 0.29) is 18.2 Å². The Morgan fingerprint density at radius 3 is 3.00 bits per heavy atom. The highest BCUT2D eigenvalue weighted by molar-refractivity contribution is 5.96. The van der Waals surface area contributed by atoms with Crippen LogP contribution in [0.5, 0.6) is 0 Å². The van der Waals surface area contributed by atoms with E-state index in [9.17, 15) is 4.79 Å². The molecule has 0 aliphatic heterocycles. The van der Waals surface area contributed by atoms with Crippen molar-refractivity contribution >= 4 is 17.5 Å². The summed E-state index contributed by atoms with van der Waals surface area (Å²) < 4.78 is 6.57. The SMILES string of the molecule is CCOC(=O)Cc1cn2cc(/C(N)=N\O)ccc2n1. The summed E-state index contributed by atoms with van der Waals surface area (Å²) in [6.07, 6.45) is 3.50. The number of ether oxygens (including phenoxy) is 1. The number of oxime groups is 1. The van der Waals surface area contributed by atoms with Crippen LogP contribution in [-0.4, -0.2) is 33.0 Å². The number of carbonyl (C=O) groups excluding carboxylic acids is 1. The Labute approximate surface area is 109 Å². The Morgan fingerprint density at radius 1 is 1.53 bits per heavy atom. The van der Waals surface area contributed by atoms with Crippen molar-refractivity contribution in [3.05, 3.63) is 35.8 Å². The third kappa shape index (κ3) is 2.82. The number of carbonyl (C=O) groups is 1. The van der Waals surface area contributed by atoms with Crippen molar-refractivity contribution in [3.8, 4) is 0 Å². The van der Waals surface area contributed by atoms with Gasteiger partial charge in [0.15, 0.2) is 5.84 Å². The molecular formula is C12H14N4O3. The van der Waals surface area contributed by atoms with Crippen LogP contribution in [0.25, 0.3) is 5.65 Å². The molecule has 3 N–H and O–H groups in total. The molecule has 0 saturated carbocycles. The Kier molecular flexibility index (Phi) is 3.65. The minimum atomic E-state index is -0.317. The van der Waals surface area contributed by atoms with Gasteiger partial charge in [0, 0.05) is 18.0 Å². The maximum absolute atomic E-state index is 11.4. The number of pyridine rings is 1. The molecule has 0 aromatic carbocycles. The smallest absolute Gasteiger partial charge is 0.311 e. The van der Waals surface area contributed by atoms with E-state index in [2.05, 4.69) is 10.1 Å². The molecule has 0 amide bonds. The molecule has 0 saturated heterocycles. The van der Waals surface area contributed by atoms with E-state index < -0.39 is 0 Å². The van der Waals surface area contributed by atoms with Gasteiger partial charge in [-0.15, -0.1) is 0 Å². The van der Waals surface area contributed by atoms with Gasteiger partial charge in [0.1, 0.15) is 5.65 Å². The number of imidazole rings is 1. The predicted octanol–water partition coefficient (Wildman–Crippen LogP) is 0.534. The zero-order valence-corrected chi connectivity index (χ0v) is 10.4. The molecule has 0 bridgehead atoms. The van der Waals surface area contributed by atoms with Gasteiger partial charge < -0.3 is 20.1 Å². The minimum Gasteiger partial charge on any atom is -0.466 e. The second kappa shape index (κ2) is 5.38. The molecule has 0 unspecified atom stereocenters.